The van der Waals surface area contributed by atoms with Gasteiger partial charge < -0.3 is 20.9 Å². The first kappa shape index (κ1) is 24.8. The molecular weight excluding hydrogens is 479 g/mol. The Morgan fingerprint density at radius 3 is 2.42 bits per heavy atom. The van der Waals surface area contributed by atoms with Crippen LogP contribution < -0.4 is 16.0 Å². The average Bonchev–Trinajstić information content (AvgIpc) is 3.74. The quantitative estimate of drug-likeness (QED) is 0.471. The molecule has 196 valence electrons. The van der Waals surface area contributed by atoms with Crippen LogP contribution in [0.5, 0.6) is 0 Å². The Morgan fingerprint density at radius 1 is 1.22 bits per heavy atom. The number of likely N-dealkylation sites (tertiary alicyclic amines) is 1. The van der Waals surface area contributed by atoms with Gasteiger partial charge in [-0.2, -0.15) is 18.4 Å². The summed E-state index contributed by atoms with van der Waals surface area (Å²) >= 11 is 0. The van der Waals surface area contributed by atoms with Crippen LogP contribution >= 0.6 is 0 Å². The van der Waals surface area contributed by atoms with Gasteiger partial charge in [0.15, 0.2) is 0 Å². The Hall–Kier alpha value is -2.84. The Bertz CT molecular complexity index is 1050. The molecule has 3 N–H and O–H groups in total. The van der Waals surface area contributed by atoms with Gasteiger partial charge in [-0.05, 0) is 61.7 Å². The number of nitrogens with one attached hydrogen (secondary N) is 3. The monoisotopic (exact) mass is 509 g/mol. The van der Waals surface area contributed by atoms with Crippen LogP contribution in [0.4, 0.5) is 13.2 Å². The van der Waals surface area contributed by atoms with Crippen molar-refractivity contribution in [2.45, 2.75) is 82.2 Å². The highest BCUT2D eigenvalue weighted by Gasteiger charge is 2.70. The number of nitrogens with zero attached hydrogens (tertiary/aromatic N) is 2. The summed E-state index contributed by atoms with van der Waals surface area (Å²) in [5.74, 6) is -4.56. The van der Waals surface area contributed by atoms with Crippen molar-refractivity contribution in [3.05, 3.63) is 0 Å². The molecule has 2 heterocycles. The Morgan fingerprint density at radius 2 is 1.89 bits per heavy atom. The van der Waals surface area contributed by atoms with Crippen LogP contribution in [-0.2, 0) is 19.2 Å². The lowest BCUT2D eigenvalue weighted by atomic mass is 9.95. The third kappa shape index (κ3) is 4.30. The fraction of sp³-hybridized carbons (Fsp3) is 0.792. The van der Waals surface area contributed by atoms with Crippen molar-refractivity contribution in [3.63, 3.8) is 0 Å². The second-order valence-electron chi connectivity index (χ2n) is 11.8. The lowest BCUT2D eigenvalue weighted by Crippen LogP contribution is -2.58. The zero-order chi connectivity index (χ0) is 26.2. The average molecular weight is 510 g/mol. The molecule has 2 aliphatic heterocycles. The fourth-order valence-electron chi connectivity index (χ4n) is 6.36. The number of alkyl halides is 3. The first-order chi connectivity index (χ1) is 16.8. The number of carbonyl (C=O) groups excluding carboxylic acids is 4. The topological polar surface area (TPSA) is 131 Å². The molecule has 3 saturated carbocycles. The van der Waals surface area contributed by atoms with Gasteiger partial charge >= 0.3 is 12.1 Å². The molecule has 0 radical (unpaired) electrons. The van der Waals surface area contributed by atoms with Crippen molar-refractivity contribution in [1.29, 1.82) is 5.26 Å². The predicted octanol–water partition coefficient (Wildman–Crippen LogP) is 0.994. The van der Waals surface area contributed by atoms with Gasteiger partial charge in [0.05, 0.1) is 6.07 Å². The van der Waals surface area contributed by atoms with Gasteiger partial charge in [0.25, 0.3) is 0 Å². The number of rotatable bonds is 7. The summed E-state index contributed by atoms with van der Waals surface area (Å²) in [5, 5.41) is 17.2. The van der Waals surface area contributed by atoms with Gasteiger partial charge in [-0.15, -0.1) is 0 Å². The van der Waals surface area contributed by atoms with Crippen molar-refractivity contribution in [3.8, 4) is 6.07 Å². The number of hydrogen-bond donors (Lipinski definition) is 3. The smallest absolute Gasteiger partial charge is 0.350 e. The number of carbonyl (C=O) groups is 4. The SMILES string of the molecule is CC1(C)C2CN(C(=O)[C@@H](NC(=O)C(F)(F)F)C3CC3)C(C(=O)N[C@H](C#N)C[C@@H]3CC4(CC4)NC3=O)C21. The highest BCUT2D eigenvalue weighted by molar-refractivity contribution is 5.95. The third-order valence-corrected chi connectivity index (χ3v) is 8.91. The highest BCUT2D eigenvalue weighted by Crippen LogP contribution is 2.65. The largest absolute Gasteiger partial charge is 0.471 e. The molecule has 4 amide bonds. The van der Waals surface area contributed by atoms with E-state index >= 15 is 0 Å². The van der Waals surface area contributed by atoms with Crippen molar-refractivity contribution in [2.75, 3.05) is 6.54 Å². The number of nitriles is 1. The Labute approximate surface area is 206 Å². The number of amides is 4. The van der Waals surface area contributed by atoms with E-state index in [1.54, 1.807) is 0 Å². The standard InChI is InChI=1S/C24H30F3N5O4/c1-22(2)14-10-32(20(35)16(11-3-4-11)30-21(36)24(25,26)27)17(15(14)22)19(34)29-13(9-28)7-12-8-23(5-6-23)31-18(12)33/h11-17H,3-8,10H2,1-2H3,(H,29,34)(H,30,36)(H,31,33)/t12-,13+,14?,15?,16+,17?/m1/s1. The van der Waals surface area contributed by atoms with E-state index in [1.165, 1.54) is 4.90 Å². The maximum atomic E-state index is 13.4. The normalized spacial score (nSPS) is 32.7. The summed E-state index contributed by atoms with van der Waals surface area (Å²) in [5.41, 5.74) is -0.403. The van der Waals surface area contributed by atoms with E-state index in [9.17, 15) is 37.6 Å². The minimum absolute atomic E-state index is 0.00811. The van der Waals surface area contributed by atoms with Crippen molar-refractivity contribution < 1.29 is 32.3 Å². The summed E-state index contributed by atoms with van der Waals surface area (Å²) in [6, 6.07) is -1.20. The molecule has 3 aliphatic carbocycles. The Balaban J connectivity index is 1.29. The van der Waals surface area contributed by atoms with Crippen LogP contribution in [0.15, 0.2) is 0 Å². The van der Waals surface area contributed by atoms with Crippen molar-refractivity contribution in [1.82, 2.24) is 20.9 Å². The molecule has 6 atom stereocenters. The van der Waals surface area contributed by atoms with Gasteiger partial charge in [0, 0.05) is 18.0 Å². The maximum Gasteiger partial charge on any atom is 0.471 e. The second-order valence-corrected chi connectivity index (χ2v) is 11.8. The minimum atomic E-state index is -5.12. The van der Waals surface area contributed by atoms with Gasteiger partial charge in [-0.25, -0.2) is 0 Å². The van der Waals surface area contributed by atoms with Crippen molar-refractivity contribution in [2.24, 2.45) is 29.1 Å². The number of hydrogen-bond acceptors (Lipinski definition) is 5. The number of piperidine rings is 1. The molecule has 3 unspecified atom stereocenters. The lowest BCUT2D eigenvalue weighted by molar-refractivity contribution is -0.175. The molecule has 0 aromatic heterocycles. The molecule has 5 aliphatic rings. The van der Waals surface area contributed by atoms with Crippen LogP contribution in [-0.4, -0.2) is 64.9 Å². The van der Waals surface area contributed by atoms with Gasteiger partial charge in [0.1, 0.15) is 18.1 Å². The zero-order valence-electron chi connectivity index (χ0n) is 20.2. The van der Waals surface area contributed by atoms with E-state index in [4.69, 9.17) is 0 Å². The van der Waals surface area contributed by atoms with E-state index in [-0.39, 0.29) is 47.6 Å². The molecule has 36 heavy (non-hydrogen) atoms. The maximum absolute atomic E-state index is 13.4. The molecule has 1 spiro atoms. The molecule has 0 aromatic rings. The van der Waals surface area contributed by atoms with Crippen molar-refractivity contribution >= 4 is 23.6 Å². The molecule has 5 fully saturated rings. The molecule has 5 rings (SSSR count). The van der Waals surface area contributed by atoms with E-state index < -0.39 is 47.9 Å². The van der Waals surface area contributed by atoms with Crippen LogP contribution in [0.3, 0.4) is 0 Å². The first-order valence-electron chi connectivity index (χ1n) is 12.5. The molecule has 2 saturated heterocycles. The van der Waals surface area contributed by atoms with Crippen LogP contribution in [0.25, 0.3) is 0 Å². The van der Waals surface area contributed by atoms with Crippen LogP contribution in [0.1, 0.15) is 52.4 Å². The molecule has 0 aromatic carbocycles. The predicted molar refractivity (Wildman–Crippen MR) is 117 cm³/mol. The highest BCUT2D eigenvalue weighted by atomic mass is 19.4. The first-order valence-corrected chi connectivity index (χ1v) is 12.5. The molecular formula is C24H30F3N5O4. The van der Waals surface area contributed by atoms with Crippen LogP contribution in [0, 0.1) is 40.4 Å². The summed E-state index contributed by atoms with van der Waals surface area (Å²) in [6.45, 7) is 4.13. The fourth-order valence-corrected chi connectivity index (χ4v) is 6.36. The van der Waals surface area contributed by atoms with Gasteiger partial charge in [-0.1, -0.05) is 13.8 Å². The second kappa shape index (κ2) is 8.08. The molecule has 12 heteroatoms. The summed E-state index contributed by atoms with van der Waals surface area (Å²) < 4.78 is 38.6. The Kier molecular flexibility index (Phi) is 5.58. The lowest BCUT2D eigenvalue weighted by Gasteiger charge is -2.33. The van der Waals surface area contributed by atoms with E-state index in [2.05, 4.69) is 10.6 Å². The van der Waals surface area contributed by atoms with E-state index in [0.29, 0.717) is 19.3 Å². The van der Waals surface area contributed by atoms with E-state index in [0.717, 1.165) is 12.8 Å². The molecule has 9 nitrogen and oxygen atoms in total. The third-order valence-electron chi connectivity index (χ3n) is 8.91. The summed E-state index contributed by atoms with van der Waals surface area (Å²) in [7, 11) is 0. The summed E-state index contributed by atoms with van der Waals surface area (Å²) in [6.07, 6.45) is -1.51. The van der Waals surface area contributed by atoms with Crippen LogP contribution in [0.2, 0.25) is 0 Å². The number of fused-ring (bicyclic) bond motifs is 1. The summed E-state index contributed by atoms with van der Waals surface area (Å²) in [4.78, 5) is 52.0. The zero-order valence-corrected chi connectivity index (χ0v) is 20.2. The van der Waals surface area contributed by atoms with Gasteiger partial charge in [-0.3, -0.25) is 19.2 Å². The minimum Gasteiger partial charge on any atom is -0.350 e. The van der Waals surface area contributed by atoms with E-state index in [1.807, 2.05) is 25.2 Å². The molecule has 0 bridgehead atoms. The van der Waals surface area contributed by atoms with Gasteiger partial charge in [0.2, 0.25) is 17.7 Å². The number of halogens is 3.